The molecule has 0 spiro atoms. The lowest BCUT2D eigenvalue weighted by Gasteiger charge is -2.20. The first-order valence-corrected chi connectivity index (χ1v) is 10.1. The summed E-state index contributed by atoms with van der Waals surface area (Å²) >= 11 is 0. The number of benzene rings is 1. The first-order valence-electron chi connectivity index (χ1n) is 8.54. The number of carbonyl (C=O) groups excluding carboxylic acids is 1. The molecule has 0 aliphatic carbocycles. The number of aryl methyl sites for hydroxylation is 1. The molecule has 0 saturated heterocycles. The van der Waals surface area contributed by atoms with Crippen LogP contribution in [0.1, 0.15) is 51.5 Å². The van der Waals surface area contributed by atoms with Crippen molar-refractivity contribution >= 4 is 15.8 Å². The van der Waals surface area contributed by atoms with Crippen molar-refractivity contribution in [3.8, 4) is 0 Å². The monoisotopic (exact) mass is 355 g/mol. The van der Waals surface area contributed by atoms with Crippen molar-refractivity contribution in [3.05, 3.63) is 29.8 Å². The number of ether oxygens (including phenoxy) is 1. The molecule has 2 atom stereocenters. The number of esters is 1. The summed E-state index contributed by atoms with van der Waals surface area (Å²) in [4.78, 5) is 12.5. The summed E-state index contributed by atoms with van der Waals surface area (Å²) in [7, 11) is -3.88. The summed E-state index contributed by atoms with van der Waals surface area (Å²) < 4.78 is 30.9. The van der Waals surface area contributed by atoms with E-state index < -0.39 is 27.1 Å². The molecule has 0 heterocycles. The second kappa shape index (κ2) is 9.79. The molecule has 1 rings (SSSR count). The summed E-state index contributed by atoms with van der Waals surface area (Å²) in [5, 5.41) is -1.38. The maximum absolute atomic E-state index is 12.8. The van der Waals surface area contributed by atoms with Gasteiger partial charge >= 0.3 is 5.97 Å². The van der Waals surface area contributed by atoms with E-state index in [1.165, 1.54) is 13.0 Å². The van der Waals surface area contributed by atoms with Gasteiger partial charge in [-0.25, -0.2) is 8.42 Å². The van der Waals surface area contributed by atoms with Crippen molar-refractivity contribution in [2.75, 3.05) is 6.61 Å². The number of nitrogens with two attached hydrogens (primary N) is 1. The minimum atomic E-state index is -3.88. The summed E-state index contributed by atoms with van der Waals surface area (Å²) in [6.07, 6.45) is 5.09. The number of hydrogen-bond acceptors (Lipinski definition) is 5. The lowest BCUT2D eigenvalue weighted by molar-refractivity contribution is -0.143. The molecule has 6 heteroatoms. The molecule has 0 bridgehead atoms. The fourth-order valence-electron chi connectivity index (χ4n) is 2.60. The van der Waals surface area contributed by atoms with Gasteiger partial charge in [0.1, 0.15) is 0 Å². The minimum Gasteiger partial charge on any atom is -0.465 e. The van der Waals surface area contributed by atoms with Crippen molar-refractivity contribution in [3.63, 3.8) is 0 Å². The predicted molar refractivity (Wildman–Crippen MR) is 95.5 cm³/mol. The average molecular weight is 356 g/mol. The van der Waals surface area contributed by atoms with Gasteiger partial charge in [0, 0.05) is 6.04 Å². The van der Waals surface area contributed by atoms with Crippen LogP contribution in [0.5, 0.6) is 0 Å². The van der Waals surface area contributed by atoms with Gasteiger partial charge in [0.15, 0.2) is 15.1 Å². The van der Waals surface area contributed by atoms with E-state index >= 15 is 0 Å². The fraction of sp³-hybridized carbons (Fsp3) is 0.611. The molecule has 2 unspecified atom stereocenters. The van der Waals surface area contributed by atoms with Crippen LogP contribution in [0.2, 0.25) is 0 Å². The van der Waals surface area contributed by atoms with Crippen LogP contribution in [0.15, 0.2) is 29.2 Å². The van der Waals surface area contributed by atoms with Crippen LogP contribution >= 0.6 is 0 Å². The first kappa shape index (κ1) is 20.6. The van der Waals surface area contributed by atoms with Gasteiger partial charge in [-0.2, -0.15) is 0 Å². The molecule has 0 fully saturated rings. The Kier molecular flexibility index (Phi) is 8.42. The summed E-state index contributed by atoms with van der Waals surface area (Å²) in [5.41, 5.74) is 6.39. The zero-order valence-electron chi connectivity index (χ0n) is 14.8. The molecular formula is C18H29NO4S. The predicted octanol–water partition coefficient (Wildman–Crippen LogP) is 3.00. The Balaban J connectivity index is 2.79. The van der Waals surface area contributed by atoms with E-state index in [1.54, 1.807) is 25.1 Å². The van der Waals surface area contributed by atoms with Gasteiger partial charge in [0.05, 0.1) is 11.5 Å². The molecule has 0 saturated carbocycles. The van der Waals surface area contributed by atoms with E-state index in [0.717, 1.165) is 32.1 Å². The van der Waals surface area contributed by atoms with Gasteiger partial charge in [-0.1, -0.05) is 50.8 Å². The van der Waals surface area contributed by atoms with Gasteiger partial charge in [0.2, 0.25) is 0 Å². The Morgan fingerprint density at radius 3 is 2.38 bits per heavy atom. The molecular weight excluding hydrogens is 326 g/mol. The number of hydrogen-bond donors (Lipinski definition) is 1. The van der Waals surface area contributed by atoms with Crippen LogP contribution in [0.3, 0.4) is 0 Å². The second-order valence-electron chi connectivity index (χ2n) is 6.17. The zero-order valence-corrected chi connectivity index (χ0v) is 15.6. The van der Waals surface area contributed by atoms with E-state index in [4.69, 9.17) is 10.5 Å². The van der Waals surface area contributed by atoms with Gasteiger partial charge in [-0.15, -0.1) is 0 Å². The van der Waals surface area contributed by atoms with Crippen LogP contribution < -0.4 is 5.73 Å². The van der Waals surface area contributed by atoms with Crippen molar-refractivity contribution in [1.29, 1.82) is 0 Å². The van der Waals surface area contributed by atoms with Crippen molar-refractivity contribution < 1.29 is 17.9 Å². The first-order chi connectivity index (χ1) is 11.3. The van der Waals surface area contributed by atoms with Gasteiger partial charge < -0.3 is 10.5 Å². The third-order valence-electron chi connectivity index (χ3n) is 3.94. The van der Waals surface area contributed by atoms with Crippen LogP contribution in [0.4, 0.5) is 0 Å². The topological polar surface area (TPSA) is 86.5 Å². The number of sulfone groups is 1. The summed E-state index contributed by atoms with van der Waals surface area (Å²) in [6.45, 7) is 5.58. The highest BCUT2D eigenvalue weighted by Crippen LogP contribution is 2.22. The average Bonchev–Trinajstić information content (AvgIpc) is 2.50. The van der Waals surface area contributed by atoms with E-state index in [1.807, 2.05) is 0 Å². The molecule has 1 aromatic rings. The SMILES string of the molecule is CCCCCCCOC(=O)C(C(C)N)S(=O)(=O)c1ccccc1C. The standard InChI is InChI=1S/C18H29NO4S/c1-4-5-6-7-10-13-23-18(20)17(15(3)19)24(21,22)16-12-9-8-11-14(16)2/h8-9,11-12,15,17H,4-7,10,13,19H2,1-3H3. The number of unbranched alkanes of at least 4 members (excludes halogenated alkanes) is 4. The van der Waals surface area contributed by atoms with E-state index in [9.17, 15) is 13.2 Å². The molecule has 2 N–H and O–H groups in total. The van der Waals surface area contributed by atoms with E-state index in [-0.39, 0.29) is 11.5 Å². The third-order valence-corrected chi connectivity index (χ3v) is 6.30. The summed E-state index contributed by atoms with van der Waals surface area (Å²) in [6, 6.07) is 5.74. The van der Waals surface area contributed by atoms with E-state index in [0.29, 0.717) is 5.56 Å². The minimum absolute atomic E-state index is 0.132. The number of carbonyl (C=O) groups is 1. The highest BCUT2D eigenvalue weighted by atomic mass is 32.2. The Hall–Kier alpha value is -1.40. The molecule has 0 aliphatic heterocycles. The molecule has 0 amide bonds. The van der Waals surface area contributed by atoms with Crippen LogP contribution in [0, 0.1) is 6.92 Å². The highest BCUT2D eigenvalue weighted by molar-refractivity contribution is 7.93. The van der Waals surface area contributed by atoms with Crippen LogP contribution in [-0.2, 0) is 19.4 Å². The Bertz CT molecular complexity index is 626. The Morgan fingerprint density at radius 2 is 1.79 bits per heavy atom. The molecule has 0 radical (unpaired) electrons. The van der Waals surface area contributed by atoms with Crippen molar-refractivity contribution in [2.45, 2.75) is 69.1 Å². The normalized spacial score (nSPS) is 14.2. The van der Waals surface area contributed by atoms with Gasteiger partial charge in [-0.05, 0) is 31.9 Å². The van der Waals surface area contributed by atoms with Gasteiger partial charge in [0.25, 0.3) is 0 Å². The van der Waals surface area contributed by atoms with Gasteiger partial charge in [-0.3, -0.25) is 4.79 Å². The molecule has 136 valence electrons. The zero-order chi connectivity index (χ0) is 18.2. The smallest absolute Gasteiger partial charge is 0.326 e. The van der Waals surface area contributed by atoms with Crippen LogP contribution in [-0.4, -0.2) is 32.3 Å². The van der Waals surface area contributed by atoms with E-state index in [2.05, 4.69) is 6.92 Å². The largest absolute Gasteiger partial charge is 0.465 e. The molecule has 1 aromatic carbocycles. The molecule has 0 aliphatic rings. The highest BCUT2D eigenvalue weighted by Gasteiger charge is 2.39. The lowest BCUT2D eigenvalue weighted by Crippen LogP contribution is -2.45. The third kappa shape index (κ3) is 5.60. The van der Waals surface area contributed by atoms with Crippen molar-refractivity contribution in [2.24, 2.45) is 5.73 Å². The van der Waals surface area contributed by atoms with Crippen LogP contribution in [0.25, 0.3) is 0 Å². The maximum atomic E-state index is 12.8. The molecule has 0 aromatic heterocycles. The second-order valence-corrected chi connectivity index (χ2v) is 8.21. The fourth-order valence-corrected chi connectivity index (χ4v) is 4.54. The maximum Gasteiger partial charge on any atom is 0.326 e. The van der Waals surface area contributed by atoms with Crippen molar-refractivity contribution in [1.82, 2.24) is 0 Å². The quantitative estimate of drug-likeness (QED) is 0.515. The Morgan fingerprint density at radius 1 is 1.17 bits per heavy atom. The lowest BCUT2D eigenvalue weighted by atomic mass is 10.2. The molecule has 5 nitrogen and oxygen atoms in total. The number of rotatable bonds is 10. The Labute approximate surface area is 145 Å². The summed E-state index contributed by atoms with van der Waals surface area (Å²) in [5.74, 6) is -0.760. The molecule has 24 heavy (non-hydrogen) atoms.